The summed E-state index contributed by atoms with van der Waals surface area (Å²) in [5, 5.41) is 0. The van der Waals surface area contributed by atoms with Gasteiger partial charge in [0.25, 0.3) is 0 Å². The molecule has 2 aromatic rings. The fourth-order valence-corrected chi connectivity index (χ4v) is 3.12. The van der Waals surface area contributed by atoms with E-state index in [1.54, 1.807) is 6.07 Å². The number of ether oxygens (including phenoxy) is 2. The molecule has 0 N–H and O–H groups in total. The minimum Gasteiger partial charge on any atom is -0.485 e. The summed E-state index contributed by atoms with van der Waals surface area (Å²) in [6.45, 7) is 4.11. The van der Waals surface area contributed by atoms with Gasteiger partial charge in [-0.3, -0.25) is 4.79 Å². The number of carbonyl (C=O) groups excluding carboxylic acids is 2. The van der Waals surface area contributed by atoms with Gasteiger partial charge in [-0.2, -0.15) is 0 Å². The van der Waals surface area contributed by atoms with Gasteiger partial charge in [0.2, 0.25) is 0 Å². The van der Waals surface area contributed by atoms with Crippen molar-refractivity contribution >= 4 is 11.8 Å². The van der Waals surface area contributed by atoms with Crippen LogP contribution in [-0.4, -0.2) is 18.9 Å². The second-order valence-electron chi connectivity index (χ2n) is 5.74. The van der Waals surface area contributed by atoms with Crippen molar-refractivity contribution in [1.82, 2.24) is 0 Å². The third kappa shape index (κ3) is 2.63. The van der Waals surface area contributed by atoms with E-state index in [0.29, 0.717) is 29.1 Å². The van der Waals surface area contributed by atoms with Crippen LogP contribution in [-0.2, 0) is 11.3 Å². The molecule has 0 aliphatic heterocycles. The van der Waals surface area contributed by atoms with E-state index in [2.05, 4.69) is 0 Å². The largest absolute Gasteiger partial charge is 0.485 e. The van der Waals surface area contributed by atoms with Crippen LogP contribution in [0.15, 0.2) is 28.9 Å². The number of esters is 1. The highest BCUT2D eigenvalue weighted by Crippen LogP contribution is 2.40. The van der Waals surface area contributed by atoms with Crippen molar-refractivity contribution in [3.8, 4) is 5.75 Å². The van der Waals surface area contributed by atoms with E-state index < -0.39 is 5.97 Å². The Labute approximate surface area is 134 Å². The van der Waals surface area contributed by atoms with Crippen LogP contribution in [0, 0.1) is 6.92 Å². The van der Waals surface area contributed by atoms with Gasteiger partial charge >= 0.3 is 5.97 Å². The molecular formula is C18H18O5. The summed E-state index contributed by atoms with van der Waals surface area (Å²) < 4.78 is 15.8. The molecule has 1 unspecified atom stereocenters. The number of aryl methyl sites for hydroxylation is 1. The van der Waals surface area contributed by atoms with Gasteiger partial charge < -0.3 is 13.9 Å². The zero-order valence-electron chi connectivity index (χ0n) is 13.3. The molecule has 0 saturated carbocycles. The van der Waals surface area contributed by atoms with E-state index in [0.717, 1.165) is 11.1 Å². The molecule has 23 heavy (non-hydrogen) atoms. The lowest BCUT2D eigenvalue weighted by molar-refractivity contribution is 0.0595. The predicted molar refractivity (Wildman–Crippen MR) is 82.9 cm³/mol. The molecule has 1 atom stereocenters. The van der Waals surface area contributed by atoms with Crippen molar-refractivity contribution in [2.24, 2.45) is 0 Å². The number of furan rings is 1. The van der Waals surface area contributed by atoms with Crippen LogP contribution < -0.4 is 4.74 Å². The number of hydrogen-bond donors (Lipinski definition) is 0. The molecule has 120 valence electrons. The Morgan fingerprint density at radius 1 is 1.35 bits per heavy atom. The van der Waals surface area contributed by atoms with Gasteiger partial charge in [-0.1, -0.05) is 13.0 Å². The molecule has 0 spiro atoms. The second-order valence-corrected chi connectivity index (χ2v) is 5.74. The van der Waals surface area contributed by atoms with Crippen molar-refractivity contribution in [1.29, 1.82) is 0 Å². The molecular weight excluding hydrogens is 296 g/mol. The Balaban J connectivity index is 1.87. The molecule has 1 aliphatic rings. The van der Waals surface area contributed by atoms with Crippen LogP contribution in [0.25, 0.3) is 0 Å². The van der Waals surface area contributed by atoms with E-state index in [1.165, 1.54) is 19.4 Å². The summed E-state index contributed by atoms with van der Waals surface area (Å²) in [6, 6.07) is 5.29. The van der Waals surface area contributed by atoms with Crippen molar-refractivity contribution in [2.45, 2.75) is 32.8 Å². The molecule has 0 saturated heterocycles. The Morgan fingerprint density at radius 3 is 2.87 bits per heavy atom. The highest BCUT2D eigenvalue weighted by atomic mass is 16.5. The molecule has 0 bridgehead atoms. The summed E-state index contributed by atoms with van der Waals surface area (Å²) in [4.78, 5) is 23.9. The average molecular weight is 314 g/mol. The fraction of sp³-hybridized carbons (Fsp3) is 0.333. The van der Waals surface area contributed by atoms with Gasteiger partial charge in [0.15, 0.2) is 11.5 Å². The van der Waals surface area contributed by atoms with Gasteiger partial charge in [0.1, 0.15) is 17.9 Å². The average Bonchev–Trinajstić information content (AvgIpc) is 3.11. The van der Waals surface area contributed by atoms with Crippen LogP contribution in [0.3, 0.4) is 0 Å². The van der Waals surface area contributed by atoms with Crippen LogP contribution in [0.1, 0.15) is 56.9 Å². The fourth-order valence-electron chi connectivity index (χ4n) is 3.12. The molecule has 5 heteroatoms. The molecule has 1 aromatic carbocycles. The summed E-state index contributed by atoms with van der Waals surface area (Å²) in [6.07, 6.45) is 1.92. The zero-order chi connectivity index (χ0) is 16.6. The topological polar surface area (TPSA) is 65.7 Å². The second kappa shape index (κ2) is 5.91. The standard InChI is InChI=1S/C18H18O5/c1-10-4-5-14(17-13(19)8-11(2)16(10)17)23-9-15-12(6-7-22-15)18(20)21-3/h4-7,11H,8-9H2,1-3H3. The highest BCUT2D eigenvalue weighted by molar-refractivity contribution is 6.04. The van der Waals surface area contributed by atoms with Crippen molar-refractivity contribution in [3.05, 3.63) is 52.5 Å². The summed E-state index contributed by atoms with van der Waals surface area (Å²) in [5.41, 5.74) is 3.14. The van der Waals surface area contributed by atoms with Crippen LogP contribution in [0.5, 0.6) is 5.75 Å². The number of carbonyl (C=O) groups is 2. The third-order valence-electron chi connectivity index (χ3n) is 4.20. The Hall–Kier alpha value is -2.56. The zero-order valence-corrected chi connectivity index (χ0v) is 13.3. The quantitative estimate of drug-likeness (QED) is 0.806. The monoisotopic (exact) mass is 314 g/mol. The lowest BCUT2D eigenvalue weighted by Gasteiger charge is -2.13. The summed E-state index contributed by atoms with van der Waals surface area (Å²) in [7, 11) is 1.31. The minimum atomic E-state index is -0.476. The molecule has 1 aliphatic carbocycles. The van der Waals surface area contributed by atoms with Gasteiger partial charge in [-0.05, 0) is 36.1 Å². The molecule has 3 rings (SSSR count). The smallest absolute Gasteiger partial charge is 0.341 e. The predicted octanol–water partition coefficient (Wildman–Crippen LogP) is 3.64. The van der Waals surface area contributed by atoms with Gasteiger partial charge in [0.05, 0.1) is 18.9 Å². The molecule has 0 radical (unpaired) electrons. The van der Waals surface area contributed by atoms with Crippen LogP contribution >= 0.6 is 0 Å². The van der Waals surface area contributed by atoms with Crippen molar-refractivity contribution in [2.75, 3.05) is 7.11 Å². The molecule has 1 aromatic heterocycles. The van der Waals surface area contributed by atoms with E-state index in [1.807, 2.05) is 19.9 Å². The van der Waals surface area contributed by atoms with E-state index in [4.69, 9.17) is 13.9 Å². The van der Waals surface area contributed by atoms with E-state index in [9.17, 15) is 9.59 Å². The van der Waals surface area contributed by atoms with Gasteiger partial charge in [-0.25, -0.2) is 4.79 Å². The van der Waals surface area contributed by atoms with Crippen LogP contribution in [0.2, 0.25) is 0 Å². The number of fused-ring (bicyclic) bond motifs is 1. The first-order valence-corrected chi connectivity index (χ1v) is 7.47. The molecule has 5 nitrogen and oxygen atoms in total. The minimum absolute atomic E-state index is 0.0641. The van der Waals surface area contributed by atoms with Gasteiger partial charge in [-0.15, -0.1) is 0 Å². The number of Topliss-reactive ketones (excluding diaryl/α,β-unsaturated/α-hetero) is 1. The third-order valence-corrected chi connectivity index (χ3v) is 4.20. The molecule has 0 amide bonds. The lowest BCUT2D eigenvalue weighted by atomic mass is 9.97. The number of benzene rings is 1. The Kier molecular flexibility index (Phi) is 3.94. The normalized spacial score (nSPS) is 16.3. The number of ketones is 1. The lowest BCUT2D eigenvalue weighted by Crippen LogP contribution is -2.07. The number of hydrogen-bond acceptors (Lipinski definition) is 5. The SMILES string of the molecule is COC(=O)c1ccoc1COc1ccc(C)c2c1C(=O)CC2C. The highest BCUT2D eigenvalue weighted by Gasteiger charge is 2.31. The van der Waals surface area contributed by atoms with E-state index in [-0.39, 0.29) is 18.3 Å². The maximum absolute atomic E-state index is 12.3. The number of rotatable bonds is 4. The first-order valence-electron chi connectivity index (χ1n) is 7.47. The summed E-state index contributed by atoms with van der Waals surface area (Å²) in [5.74, 6) is 0.738. The summed E-state index contributed by atoms with van der Waals surface area (Å²) >= 11 is 0. The maximum Gasteiger partial charge on any atom is 0.341 e. The number of methoxy groups -OCH3 is 1. The van der Waals surface area contributed by atoms with E-state index >= 15 is 0 Å². The van der Waals surface area contributed by atoms with Crippen molar-refractivity contribution in [3.63, 3.8) is 0 Å². The molecule has 1 heterocycles. The first kappa shape index (κ1) is 15.3. The van der Waals surface area contributed by atoms with Gasteiger partial charge in [0, 0.05) is 6.42 Å². The first-order chi connectivity index (χ1) is 11.0. The van der Waals surface area contributed by atoms with Crippen molar-refractivity contribution < 1.29 is 23.5 Å². The van der Waals surface area contributed by atoms with Crippen LogP contribution in [0.4, 0.5) is 0 Å². The Morgan fingerprint density at radius 2 is 2.13 bits per heavy atom. The maximum atomic E-state index is 12.3. The molecule has 0 fully saturated rings. The Bertz CT molecular complexity index is 772.